The Morgan fingerprint density at radius 2 is 1.30 bits per heavy atom. The minimum absolute atomic E-state index is 0.0853. The molecule has 2 aromatic heterocycles. The number of hydrogen-bond donors (Lipinski definition) is 3. The fraction of sp³-hybridized carbons (Fsp3) is 0.600. The van der Waals surface area contributed by atoms with Gasteiger partial charge in [-0.2, -0.15) is 4.31 Å². The van der Waals surface area contributed by atoms with Crippen LogP contribution in [0.4, 0.5) is 10.3 Å². The molecule has 4 rings (SSSR count). The van der Waals surface area contributed by atoms with Gasteiger partial charge in [0.15, 0.2) is 18.7 Å². The van der Waals surface area contributed by atoms with Crippen LogP contribution in [-0.2, 0) is 28.7 Å². The summed E-state index contributed by atoms with van der Waals surface area (Å²) in [6, 6.07) is 0. The number of halogens is 1. The first-order chi connectivity index (χ1) is 17.4. The van der Waals surface area contributed by atoms with Crippen LogP contribution < -0.4 is 16.0 Å². The fourth-order valence-electron chi connectivity index (χ4n) is 3.20. The van der Waals surface area contributed by atoms with Crippen LogP contribution >= 0.6 is 33.4 Å². The van der Waals surface area contributed by atoms with Crippen LogP contribution in [0.2, 0.25) is 0 Å². The summed E-state index contributed by atoms with van der Waals surface area (Å²) in [6.45, 7) is 6.29. The topological polar surface area (TPSA) is 168 Å². The number of carbonyl (C=O) groups excluding carboxylic acids is 2. The molecule has 0 bridgehead atoms. The molecule has 0 atom stereocenters. The van der Waals surface area contributed by atoms with Gasteiger partial charge < -0.3 is 16.0 Å². The molecule has 0 aliphatic carbocycles. The van der Waals surface area contributed by atoms with E-state index in [1.54, 1.807) is 0 Å². The Morgan fingerprint density at radius 3 is 1.68 bits per heavy atom. The van der Waals surface area contributed by atoms with Crippen LogP contribution in [0.25, 0.3) is 0 Å². The summed E-state index contributed by atoms with van der Waals surface area (Å²) in [6.07, 6.45) is 9.49. The third-order valence-corrected chi connectivity index (χ3v) is 11.1. The van der Waals surface area contributed by atoms with E-state index in [1.165, 1.54) is 56.7 Å². The van der Waals surface area contributed by atoms with Crippen LogP contribution in [0.1, 0.15) is 52.4 Å². The Labute approximate surface area is 229 Å². The van der Waals surface area contributed by atoms with Gasteiger partial charge in [-0.15, -0.1) is 0 Å². The van der Waals surface area contributed by atoms with E-state index in [0.29, 0.717) is 18.2 Å². The summed E-state index contributed by atoms with van der Waals surface area (Å²) in [5.41, 5.74) is 0. The third kappa shape index (κ3) is 11.3. The molecule has 2 amide bonds. The average molecular weight is 615 g/mol. The van der Waals surface area contributed by atoms with Gasteiger partial charge >= 0.3 is 0 Å². The minimum Gasteiger partial charge on any atom is -0.317 e. The molecule has 2 aliphatic rings. The number of anilines is 2. The highest BCUT2D eigenvalue weighted by molar-refractivity contribution is 8.15. The smallest absolute Gasteiger partial charge is 0.272 e. The fourth-order valence-corrected chi connectivity index (χ4v) is 7.76. The summed E-state index contributed by atoms with van der Waals surface area (Å²) in [7, 11) is -2.14. The number of amides is 2. The van der Waals surface area contributed by atoms with Gasteiger partial charge in [-0.25, -0.2) is 26.8 Å². The molecule has 0 unspecified atom stereocenters. The van der Waals surface area contributed by atoms with Crippen molar-refractivity contribution in [2.75, 3.05) is 36.8 Å². The Kier molecular flexibility index (Phi) is 12.8. The molecule has 0 aromatic carbocycles. The number of hydrogen-bond acceptors (Lipinski definition) is 11. The molecule has 2 aromatic rings. The molecule has 208 valence electrons. The molecule has 2 fully saturated rings. The van der Waals surface area contributed by atoms with Gasteiger partial charge in [0.05, 0.1) is 12.4 Å². The van der Waals surface area contributed by atoms with E-state index in [-0.39, 0.29) is 25.4 Å². The summed E-state index contributed by atoms with van der Waals surface area (Å²) >= 11 is 1.79. The molecule has 3 N–H and O–H groups in total. The lowest BCUT2D eigenvalue weighted by Gasteiger charge is -2.24. The number of thiazole rings is 2. The molecule has 4 heterocycles. The summed E-state index contributed by atoms with van der Waals surface area (Å²) in [5, 5.41) is 8.65. The molecule has 0 spiro atoms. The maximum Gasteiger partial charge on any atom is 0.272 e. The third-order valence-electron chi connectivity index (χ3n) is 4.89. The van der Waals surface area contributed by atoms with Gasteiger partial charge in [-0.3, -0.25) is 9.59 Å². The van der Waals surface area contributed by atoms with E-state index in [1.807, 2.05) is 0 Å². The number of carbonyl (C=O) groups is 2. The number of nitrogens with zero attached hydrogens (tertiary/aromatic N) is 3. The lowest BCUT2D eigenvalue weighted by atomic mass is 10.2. The first-order valence-electron chi connectivity index (χ1n) is 11.5. The van der Waals surface area contributed by atoms with Crippen LogP contribution in [0.5, 0.6) is 0 Å². The van der Waals surface area contributed by atoms with Crippen LogP contribution in [0.3, 0.4) is 0 Å². The number of piperidine rings is 2. The Morgan fingerprint density at radius 1 is 0.838 bits per heavy atom. The SMILES string of the molecule is C1CCNCC1.CC(=O)Nc1ncc(S(=O)(=O)Cl)s1.CC(=O)Nc1ncc(S(=O)(=O)N2CCCCC2)s1. The Balaban J connectivity index is 0.000000220. The molecule has 0 radical (unpaired) electrons. The number of nitrogens with one attached hydrogen (secondary N) is 3. The maximum atomic E-state index is 12.3. The second-order valence-electron chi connectivity index (χ2n) is 8.04. The van der Waals surface area contributed by atoms with Crippen LogP contribution in [-0.4, -0.2) is 69.1 Å². The van der Waals surface area contributed by atoms with Crippen molar-refractivity contribution < 1.29 is 26.4 Å². The monoisotopic (exact) mass is 614 g/mol. The molecule has 12 nitrogen and oxygen atoms in total. The Hall–Kier alpha value is -1.69. The van der Waals surface area contributed by atoms with Gasteiger partial charge in [0.1, 0.15) is 0 Å². The predicted molar refractivity (Wildman–Crippen MR) is 145 cm³/mol. The quantitative estimate of drug-likeness (QED) is 0.429. The lowest BCUT2D eigenvalue weighted by Crippen LogP contribution is -2.35. The van der Waals surface area contributed by atoms with E-state index in [2.05, 4.69) is 25.9 Å². The van der Waals surface area contributed by atoms with Crippen LogP contribution in [0.15, 0.2) is 20.8 Å². The van der Waals surface area contributed by atoms with Crippen molar-refractivity contribution in [3.8, 4) is 0 Å². The van der Waals surface area contributed by atoms with E-state index in [0.717, 1.165) is 48.1 Å². The first-order valence-corrected chi connectivity index (χ1v) is 16.9. The predicted octanol–water partition coefficient (Wildman–Crippen LogP) is 3.07. The van der Waals surface area contributed by atoms with E-state index in [4.69, 9.17) is 10.7 Å². The molecule has 37 heavy (non-hydrogen) atoms. The van der Waals surface area contributed by atoms with Gasteiger partial charge in [0, 0.05) is 37.6 Å². The van der Waals surface area contributed by atoms with Crippen molar-refractivity contribution in [2.45, 2.75) is 60.8 Å². The van der Waals surface area contributed by atoms with Crippen molar-refractivity contribution in [1.29, 1.82) is 0 Å². The zero-order valence-corrected chi connectivity index (χ0v) is 24.5. The number of sulfonamides is 1. The van der Waals surface area contributed by atoms with E-state index >= 15 is 0 Å². The largest absolute Gasteiger partial charge is 0.317 e. The molecular weight excluding hydrogens is 584 g/mol. The minimum atomic E-state index is -3.74. The molecule has 2 saturated heterocycles. The van der Waals surface area contributed by atoms with E-state index < -0.39 is 19.1 Å². The number of rotatable bonds is 5. The van der Waals surface area contributed by atoms with Crippen LogP contribution in [0, 0.1) is 0 Å². The summed E-state index contributed by atoms with van der Waals surface area (Å²) in [5.74, 6) is -0.570. The second kappa shape index (κ2) is 15.0. The van der Waals surface area contributed by atoms with Gasteiger partial charge in [0.2, 0.25) is 11.8 Å². The summed E-state index contributed by atoms with van der Waals surface area (Å²) in [4.78, 5) is 29.0. The molecular formula is C20H31ClN6O6S4. The van der Waals surface area contributed by atoms with Gasteiger partial charge in [-0.05, 0) is 38.8 Å². The zero-order valence-electron chi connectivity index (χ0n) is 20.5. The highest BCUT2D eigenvalue weighted by atomic mass is 35.7. The molecule has 0 saturated carbocycles. The second-order valence-corrected chi connectivity index (χ2v) is 15.1. The van der Waals surface area contributed by atoms with Gasteiger partial charge in [0.25, 0.3) is 19.1 Å². The molecule has 17 heteroatoms. The van der Waals surface area contributed by atoms with Crippen molar-refractivity contribution in [1.82, 2.24) is 19.6 Å². The lowest BCUT2D eigenvalue weighted by molar-refractivity contribution is -0.115. The summed E-state index contributed by atoms with van der Waals surface area (Å²) < 4.78 is 47.6. The van der Waals surface area contributed by atoms with Crippen molar-refractivity contribution in [2.24, 2.45) is 0 Å². The highest BCUT2D eigenvalue weighted by Crippen LogP contribution is 2.28. The zero-order chi connectivity index (χ0) is 27.5. The van der Waals surface area contributed by atoms with Gasteiger partial charge in [-0.1, -0.05) is 35.5 Å². The highest BCUT2D eigenvalue weighted by Gasteiger charge is 2.28. The maximum absolute atomic E-state index is 12.3. The Bertz CT molecular complexity index is 1230. The van der Waals surface area contributed by atoms with Crippen molar-refractivity contribution >= 4 is 74.5 Å². The van der Waals surface area contributed by atoms with Crippen molar-refractivity contribution in [3.63, 3.8) is 0 Å². The molecule has 2 aliphatic heterocycles. The van der Waals surface area contributed by atoms with E-state index in [9.17, 15) is 26.4 Å². The average Bonchev–Trinajstić information content (AvgIpc) is 3.51. The standard InChI is InChI=1S/C10H15N3O3S2.C5H5ClN2O3S2.C5H11N/c1-8(14)12-10-11-7-9(17-10)18(15,16)13-5-3-2-4-6-13;1-3(9)8-5-7-2-4(12-5)13(6,10)11;1-2-4-6-5-3-1/h7H,2-6H2,1H3,(H,11,12,14);2H,1H3,(H,7,8,9);6H,1-5H2. The normalized spacial score (nSPS) is 16.4. The number of aromatic nitrogens is 2. The first kappa shape index (κ1) is 31.5. The van der Waals surface area contributed by atoms with Crippen molar-refractivity contribution in [3.05, 3.63) is 12.4 Å².